The molecule has 0 aliphatic heterocycles. The van der Waals surface area contributed by atoms with Crippen LogP contribution in [0.2, 0.25) is 0 Å². The molecule has 0 saturated heterocycles. The zero-order chi connectivity index (χ0) is 50.1. The van der Waals surface area contributed by atoms with Gasteiger partial charge in [0.1, 0.15) is 48.3 Å². The number of carbonyl (C=O) groups excluding carboxylic acids is 10. The number of hydrogen-bond donors (Lipinski definition) is 16. The first-order chi connectivity index (χ1) is 30.2. The Morgan fingerprint density at radius 3 is 1.34 bits per heavy atom. The molecule has 0 rings (SSSR count). The third kappa shape index (κ3) is 23.9. The standard InChI is InChI=1S/C36H59N11O18/c1-15(2)10-21(34(62)47-23(14-49)35(63)46-22(36(64)65)11-25(39)51)45-33(61)19(5-8-27(53)54)42-29(57)16(3)41-26(52)12-40-31(59)18(4-7-24(38)50)44-32(60)20(6-9-28(55)56)43-30(58)17(37)13-48/h15-23,48-49H,4-14,37H2,1-3H3,(H2,38,50)(H2,39,51)(H,40,59)(H,41,52)(H,42,57)(H,43,58)(H,44,60)(H,45,61)(H,46,63)(H,47,62)(H,53,54)(H,55,56)(H,64,65)/t16-,17+,18-,19-,20-,21-,22+,23+/m0/s1. The molecule has 0 bridgehead atoms. The number of nitrogens with two attached hydrogens (primary N) is 3. The molecule has 0 unspecified atom stereocenters. The van der Waals surface area contributed by atoms with Gasteiger partial charge in [0.25, 0.3) is 0 Å². The van der Waals surface area contributed by atoms with Crippen molar-refractivity contribution in [3.05, 3.63) is 0 Å². The van der Waals surface area contributed by atoms with E-state index in [0.717, 1.165) is 6.92 Å². The van der Waals surface area contributed by atoms with Crippen LogP contribution in [0.3, 0.4) is 0 Å². The molecule has 29 nitrogen and oxygen atoms in total. The summed E-state index contributed by atoms with van der Waals surface area (Å²) in [6.45, 7) is 1.65. The van der Waals surface area contributed by atoms with Crippen molar-refractivity contribution in [1.82, 2.24) is 42.5 Å². The smallest absolute Gasteiger partial charge is 0.326 e. The monoisotopic (exact) mass is 933 g/mol. The van der Waals surface area contributed by atoms with Crippen LogP contribution in [0.1, 0.15) is 72.1 Å². The van der Waals surface area contributed by atoms with E-state index in [4.69, 9.17) is 27.4 Å². The highest BCUT2D eigenvalue weighted by Crippen LogP contribution is 2.09. The van der Waals surface area contributed by atoms with Crippen LogP contribution in [-0.4, -0.2) is 171 Å². The third-order valence-electron chi connectivity index (χ3n) is 8.78. The molecule has 29 heteroatoms. The lowest BCUT2D eigenvalue weighted by molar-refractivity contribution is -0.144. The van der Waals surface area contributed by atoms with Gasteiger partial charge in [-0.3, -0.25) is 57.5 Å². The van der Waals surface area contributed by atoms with Gasteiger partial charge in [-0.1, -0.05) is 13.8 Å². The lowest BCUT2D eigenvalue weighted by Crippen LogP contribution is -2.59. The van der Waals surface area contributed by atoms with Gasteiger partial charge in [0.15, 0.2) is 0 Å². The largest absolute Gasteiger partial charge is 0.481 e. The first-order valence-electron chi connectivity index (χ1n) is 19.8. The van der Waals surface area contributed by atoms with Crippen LogP contribution in [0, 0.1) is 5.92 Å². The summed E-state index contributed by atoms with van der Waals surface area (Å²) in [7, 11) is 0. The zero-order valence-corrected chi connectivity index (χ0v) is 35.7. The van der Waals surface area contributed by atoms with Gasteiger partial charge in [-0.15, -0.1) is 0 Å². The molecule has 0 heterocycles. The van der Waals surface area contributed by atoms with Crippen molar-refractivity contribution < 1.29 is 87.9 Å². The fourth-order valence-corrected chi connectivity index (χ4v) is 5.32. The molecule has 10 amide bonds. The zero-order valence-electron chi connectivity index (χ0n) is 35.7. The Labute approximate surface area is 370 Å². The lowest BCUT2D eigenvalue weighted by atomic mass is 10.0. The molecule has 0 aliphatic carbocycles. The van der Waals surface area contributed by atoms with Crippen molar-refractivity contribution in [1.29, 1.82) is 0 Å². The Morgan fingerprint density at radius 1 is 0.477 bits per heavy atom. The van der Waals surface area contributed by atoms with E-state index in [1.807, 2.05) is 5.32 Å². The Balaban J connectivity index is 5.95. The first-order valence-corrected chi connectivity index (χ1v) is 19.8. The SMILES string of the molecule is CC(C)C[C@H](NC(=O)[C@H](CCC(=O)O)NC(=O)[C@H](C)NC(=O)CNC(=O)[C@H](CCC(N)=O)NC(=O)[C@H](CCC(=O)O)NC(=O)[C@H](N)CO)C(=O)N[C@H](CO)C(=O)N[C@H](CC(N)=O)C(=O)O. The average Bonchev–Trinajstić information content (AvgIpc) is 3.21. The van der Waals surface area contributed by atoms with Crippen LogP contribution >= 0.6 is 0 Å². The number of amides is 10. The highest BCUT2D eigenvalue weighted by atomic mass is 16.4. The number of hydrogen-bond acceptors (Lipinski definition) is 16. The summed E-state index contributed by atoms with van der Waals surface area (Å²) in [5.74, 6) is -15.4. The van der Waals surface area contributed by atoms with Crippen LogP contribution in [0.15, 0.2) is 0 Å². The molecule has 0 aromatic carbocycles. The van der Waals surface area contributed by atoms with Crippen LogP contribution in [-0.2, 0) is 62.3 Å². The predicted molar refractivity (Wildman–Crippen MR) is 217 cm³/mol. The number of aliphatic hydroxyl groups excluding tert-OH is 2. The Bertz CT molecular complexity index is 1760. The van der Waals surface area contributed by atoms with Gasteiger partial charge in [-0.05, 0) is 38.5 Å². The van der Waals surface area contributed by atoms with Crippen LogP contribution in [0.25, 0.3) is 0 Å². The minimum Gasteiger partial charge on any atom is -0.481 e. The second-order valence-corrected chi connectivity index (χ2v) is 14.9. The van der Waals surface area contributed by atoms with E-state index >= 15 is 0 Å². The van der Waals surface area contributed by atoms with Gasteiger partial charge in [-0.2, -0.15) is 0 Å². The number of carboxylic acids is 3. The Kier molecular flexibility index (Phi) is 26.2. The molecule has 0 aliphatic rings. The summed E-state index contributed by atoms with van der Waals surface area (Å²) in [6, 6.07) is -12.9. The maximum Gasteiger partial charge on any atom is 0.326 e. The number of carboxylic acid groups (broad SMARTS) is 3. The predicted octanol–water partition coefficient (Wildman–Crippen LogP) is -8.17. The molecule has 366 valence electrons. The van der Waals surface area contributed by atoms with Gasteiger partial charge < -0.3 is 85.3 Å². The van der Waals surface area contributed by atoms with Gasteiger partial charge in [0.2, 0.25) is 59.1 Å². The lowest BCUT2D eigenvalue weighted by Gasteiger charge is -2.26. The van der Waals surface area contributed by atoms with Crippen LogP contribution in [0.4, 0.5) is 0 Å². The summed E-state index contributed by atoms with van der Waals surface area (Å²) in [5, 5.41) is 64.0. The summed E-state index contributed by atoms with van der Waals surface area (Å²) in [5.41, 5.74) is 15.6. The minimum absolute atomic E-state index is 0.122. The number of nitrogens with one attached hydrogen (secondary N) is 8. The topological polar surface area (TPSA) is 497 Å². The molecule has 0 spiro atoms. The molecule has 0 radical (unpaired) electrons. The van der Waals surface area contributed by atoms with Crippen LogP contribution < -0.4 is 59.7 Å². The molecule has 0 aromatic heterocycles. The van der Waals surface area contributed by atoms with E-state index < -0.39 is 190 Å². The normalized spacial score (nSPS) is 14.5. The second kappa shape index (κ2) is 29.4. The van der Waals surface area contributed by atoms with Crippen molar-refractivity contribution in [2.75, 3.05) is 19.8 Å². The molecule has 0 saturated carbocycles. The molecule has 0 fully saturated rings. The first kappa shape index (κ1) is 58.0. The molecule has 65 heavy (non-hydrogen) atoms. The Morgan fingerprint density at radius 2 is 0.892 bits per heavy atom. The van der Waals surface area contributed by atoms with Gasteiger partial charge in [0, 0.05) is 19.3 Å². The fraction of sp³-hybridized carbons (Fsp3) is 0.639. The van der Waals surface area contributed by atoms with Crippen LogP contribution in [0.5, 0.6) is 0 Å². The average molecular weight is 934 g/mol. The van der Waals surface area contributed by atoms with Crippen molar-refractivity contribution in [3.63, 3.8) is 0 Å². The van der Waals surface area contributed by atoms with E-state index in [1.54, 1.807) is 13.8 Å². The molecule has 19 N–H and O–H groups in total. The molecule has 8 atom stereocenters. The van der Waals surface area contributed by atoms with Gasteiger partial charge in [-0.25, -0.2) is 4.79 Å². The van der Waals surface area contributed by atoms with E-state index in [-0.39, 0.29) is 12.3 Å². The number of aliphatic carboxylic acids is 3. The fourth-order valence-electron chi connectivity index (χ4n) is 5.32. The van der Waals surface area contributed by atoms with E-state index in [0.29, 0.717) is 0 Å². The second-order valence-electron chi connectivity index (χ2n) is 14.9. The molecular weight excluding hydrogens is 874 g/mol. The van der Waals surface area contributed by atoms with Gasteiger partial charge >= 0.3 is 17.9 Å². The summed E-state index contributed by atoms with van der Waals surface area (Å²) in [4.78, 5) is 160. The highest BCUT2D eigenvalue weighted by Gasteiger charge is 2.34. The van der Waals surface area contributed by atoms with E-state index in [1.165, 1.54) is 0 Å². The number of aliphatic hydroxyl groups is 2. The summed E-state index contributed by atoms with van der Waals surface area (Å²) >= 11 is 0. The van der Waals surface area contributed by atoms with Crippen molar-refractivity contribution >= 4 is 77.0 Å². The third-order valence-corrected chi connectivity index (χ3v) is 8.78. The number of carbonyl (C=O) groups is 13. The molecule has 0 aromatic rings. The summed E-state index contributed by atoms with van der Waals surface area (Å²) in [6.07, 6.45) is -4.22. The Hall–Kier alpha value is -7.01. The number of primary amides is 2. The van der Waals surface area contributed by atoms with Crippen molar-refractivity contribution in [2.24, 2.45) is 23.1 Å². The maximum atomic E-state index is 13.5. The van der Waals surface area contributed by atoms with E-state index in [9.17, 15) is 77.6 Å². The van der Waals surface area contributed by atoms with Crippen molar-refractivity contribution in [3.8, 4) is 0 Å². The summed E-state index contributed by atoms with van der Waals surface area (Å²) < 4.78 is 0. The molecular formula is C36H59N11O18. The number of rotatable bonds is 32. The van der Waals surface area contributed by atoms with Gasteiger partial charge in [0.05, 0.1) is 26.2 Å². The quantitative estimate of drug-likeness (QED) is 0.0298. The van der Waals surface area contributed by atoms with Crippen molar-refractivity contribution in [2.45, 2.75) is 120 Å². The minimum atomic E-state index is -1.81. The highest BCUT2D eigenvalue weighted by molar-refractivity contribution is 5.98. The van der Waals surface area contributed by atoms with E-state index in [2.05, 4.69) is 37.2 Å². The maximum absolute atomic E-state index is 13.5.